The van der Waals surface area contributed by atoms with E-state index in [0.29, 0.717) is 0 Å². The maximum absolute atomic E-state index is 11.0. The van der Waals surface area contributed by atoms with E-state index in [-0.39, 0.29) is 0 Å². The van der Waals surface area contributed by atoms with Crippen molar-refractivity contribution in [3.8, 4) is 0 Å². The standard InChI is InChI=1S/C12H19NO2/c1-2-3-4-5-8-11(12(14)15)13-9-6-7-10-13/h6-7,9-11H,2-5,8H2,1H3,(H,14,15)/t11-/m0/s1. The number of carbonyl (C=O) groups is 1. The van der Waals surface area contributed by atoms with E-state index in [0.717, 1.165) is 19.3 Å². The third-order valence-corrected chi connectivity index (χ3v) is 2.60. The molecule has 1 aromatic heterocycles. The summed E-state index contributed by atoms with van der Waals surface area (Å²) in [5.41, 5.74) is 0. The predicted octanol–water partition coefficient (Wildman–Crippen LogP) is 3.08. The first-order valence-corrected chi connectivity index (χ1v) is 5.61. The fraction of sp³-hybridized carbons (Fsp3) is 0.583. The van der Waals surface area contributed by atoms with E-state index in [1.807, 2.05) is 24.5 Å². The van der Waals surface area contributed by atoms with Crippen molar-refractivity contribution in [1.82, 2.24) is 4.57 Å². The van der Waals surface area contributed by atoms with Crippen molar-refractivity contribution in [2.45, 2.75) is 45.1 Å². The minimum absolute atomic E-state index is 0.392. The normalized spacial score (nSPS) is 12.6. The monoisotopic (exact) mass is 209 g/mol. The molecular formula is C12H19NO2. The van der Waals surface area contributed by atoms with Crippen LogP contribution in [0.1, 0.15) is 45.1 Å². The van der Waals surface area contributed by atoms with Crippen LogP contribution in [0.15, 0.2) is 24.5 Å². The molecule has 3 heteroatoms. The number of aromatic nitrogens is 1. The lowest BCUT2D eigenvalue weighted by molar-refractivity contribution is -0.141. The molecule has 1 heterocycles. The zero-order chi connectivity index (χ0) is 11.1. The molecule has 0 unspecified atom stereocenters. The zero-order valence-electron chi connectivity index (χ0n) is 9.22. The summed E-state index contributed by atoms with van der Waals surface area (Å²) in [5, 5.41) is 9.08. The molecule has 1 atom stereocenters. The summed E-state index contributed by atoms with van der Waals surface area (Å²) >= 11 is 0. The van der Waals surface area contributed by atoms with Gasteiger partial charge in [-0.1, -0.05) is 32.6 Å². The number of unbranched alkanes of at least 4 members (excludes halogenated alkanes) is 3. The summed E-state index contributed by atoms with van der Waals surface area (Å²) in [7, 11) is 0. The van der Waals surface area contributed by atoms with E-state index in [2.05, 4.69) is 6.92 Å². The van der Waals surface area contributed by atoms with Crippen molar-refractivity contribution in [2.24, 2.45) is 0 Å². The van der Waals surface area contributed by atoms with Gasteiger partial charge in [0, 0.05) is 12.4 Å². The minimum atomic E-state index is -0.734. The van der Waals surface area contributed by atoms with Gasteiger partial charge in [0.15, 0.2) is 0 Å². The highest BCUT2D eigenvalue weighted by Gasteiger charge is 2.17. The fourth-order valence-electron chi connectivity index (χ4n) is 1.72. The highest BCUT2D eigenvalue weighted by atomic mass is 16.4. The summed E-state index contributed by atoms with van der Waals surface area (Å²) < 4.78 is 1.77. The Kier molecular flexibility index (Phi) is 4.95. The molecule has 1 N–H and O–H groups in total. The predicted molar refractivity (Wildman–Crippen MR) is 59.9 cm³/mol. The van der Waals surface area contributed by atoms with Gasteiger partial charge in [-0.05, 0) is 18.6 Å². The van der Waals surface area contributed by atoms with E-state index >= 15 is 0 Å². The second kappa shape index (κ2) is 6.27. The number of hydrogen-bond donors (Lipinski definition) is 1. The van der Waals surface area contributed by atoms with Gasteiger partial charge in [0.05, 0.1) is 0 Å². The van der Waals surface area contributed by atoms with Gasteiger partial charge in [0.2, 0.25) is 0 Å². The number of hydrogen-bond acceptors (Lipinski definition) is 1. The molecule has 3 nitrogen and oxygen atoms in total. The van der Waals surface area contributed by atoms with Crippen LogP contribution in [-0.2, 0) is 4.79 Å². The van der Waals surface area contributed by atoms with Crippen LogP contribution in [0.3, 0.4) is 0 Å². The number of aliphatic carboxylic acids is 1. The SMILES string of the molecule is CCCCCC[C@@H](C(=O)O)n1cccc1. The number of carboxylic acids is 1. The van der Waals surface area contributed by atoms with Gasteiger partial charge in [-0.3, -0.25) is 0 Å². The maximum Gasteiger partial charge on any atom is 0.326 e. The molecule has 0 radical (unpaired) electrons. The quantitative estimate of drug-likeness (QED) is 0.701. The van der Waals surface area contributed by atoms with Gasteiger partial charge < -0.3 is 9.67 Å². The topological polar surface area (TPSA) is 42.2 Å². The molecule has 1 rings (SSSR count). The second-order valence-electron chi connectivity index (χ2n) is 3.83. The van der Waals surface area contributed by atoms with Crippen LogP contribution in [0.25, 0.3) is 0 Å². The van der Waals surface area contributed by atoms with Crippen LogP contribution >= 0.6 is 0 Å². The molecule has 0 aromatic carbocycles. The largest absolute Gasteiger partial charge is 0.480 e. The third-order valence-electron chi connectivity index (χ3n) is 2.60. The maximum atomic E-state index is 11.0. The van der Waals surface area contributed by atoms with Crippen molar-refractivity contribution in [3.63, 3.8) is 0 Å². The van der Waals surface area contributed by atoms with Gasteiger partial charge in [-0.25, -0.2) is 4.79 Å². The Morgan fingerprint density at radius 3 is 2.47 bits per heavy atom. The van der Waals surface area contributed by atoms with Crippen LogP contribution in [0.2, 0.25) is 0 Å². The van der Waals surface area contributed by atoms with Crippen molar-refractivity contribution < 1.29 is 9.90 Å². The van der Waals surface area contributed by atoms with E-state index in [4.69, 9.17) is 5.11 Å². The minimum Gasteiger partial charge on any atom is -0.480 e. The molecule has 84 valence electrons. The van der Waals surface area contributed by atoms with Crippen LogP contribution in [0, 0.1) is 0 Å². The molecule has 0 saturated heterocycles. The Morgan fingerprint density at radius 1 is 1.27 bits per heavy atom. The molecule has 0 spiro atoms. The van der Waals surface area contributed by atoms with Crippen molar-refractivity contribution >= 4 is 5.97 Å². The molecule has 0 amide bonds. The first-order chi connectivity index (χ1) is 7.25. The lowest BCUT2D eigenvalue weighted by atomic mass is 10.1. The summed E-state index contributed by atoms with van der Waals surface area (Å²) in [5.74, 6) is -0.734. The van der Waals surface area contributed by atoms with Gasteiger partial charge in [-0.15, -0.1) is 0 Å². The highest BCUT2D eigenvalue weighted by molar-refractivity contribution is 5.71. The number of carboxylic acid groups (broad SMARTS) is 1. The molecule has 15 heavy (non-hydrogen) atoms. The molecule has 0 bridgehead atoms. The average molecular weight is 209 g/mol. The first-order valence-electron chi connectivity index (χ1n) is 5.61. The van der Waals surface area contributed by atoms with Crippen molar-refractivity contribution in [3.05, 3.63) is 24.5 Å². The Balaban J connectivity index is 2.42. The average Bonchev–Trinajstić information content (AvgIpc) is 2.70. The van der Waals surface area contributed by atoms with Crippen molar-refractivity contribution in [1.29, 1.82) is 0 Å². The van der Waals surface area contributed by atoms with Gasteiger partial charge in [0.25, 0.3) is 0 Å². The molecule has 0 aliphatic heterocycles. The fourth-order valence-corrected chi connectivity index (χ4v) is 1.72. The van der Waals surface area contributed by atoms with E-state index in [1.54, 1.807) is 4.57 Å². The summed E-state index contributed by atoms with van der Waals surface area (Å²) in [6.07, 6.45) is 8.85. The van der Waals surface area contributed by atoms with Crippen molar-refractivity contribution in [2.75, 3.05) is 0 Å². The zero-order valence-corrected chi connectivity index (χ0v) is 9.22. The van der Waals surface area contributed by atoms with E-state index < -0.39 is 12.0 Å². The van der Waals surface area contributed by atoms with Gasteiger partial charge in [-0.2, -0.15) is 0 Å². The molecule has 0 saturated carbocycles. The summed E-state index contributed by atoms with van der Waals surface area (Å²) in [4.78, 5) is 11.0. The first kappa shape index (κ1) is 11.8. The van der Waals surface area contributed by atoms with E-state index in [1.165, 1.54) is 12.8 Å². The third kappa shape index (κ3) is 3.78. The summed E-state index contributed by atoms with van der Waals surface area (Å²) in [6, 6.07) is 3.33. The molecular weight excluding hydrogens is 190 g/mol. The summed E-state index contributed by atoms with van der Waals surface area (Å²) in [6.45, 7) is 2.15. The Labute approximate surface area is 90.7 Å². The smallest absolute Gasteiger partial charge is 0.326 e. The van der Waals surface area contributed by atoms with Crippen LogP contribution in [0.5, 0.6) is 0 Å². The highest BCUT2D eigenvalue weighted by Crippen LogP contribution is 2.16. The lowest BCUT2D eigenvalue weighted by Gasteiger charge is -2.13. The lowest BCUT2D eigenvalue weighted by Crippen LogP contribution is -2.17. The van der Waals surface area contributed by atoms with Crippen LogP contribution in [0.4, 0.5) is 0 Å². The van der Waals surface area contributed by atoms with Gasteiger partial charge in [0.1, 0.15) is 6.04 Å². The Hall–Kier alpha value is -1.25. The molecule has 0 aliphatic carbocycles. The Morgan fingerprint density at radius 2 is 1.93 bits per heavy atom. The number of rotatable bonds is 7. The molecule has 0 aliphatic rings. The van der Waals surface area contributed by atoms with Crippen LogP contribution in [-0.4, -0.2) is 15.6 Å². The van der Waals surface area contributed by atoms with Gasteiger partial charge >= 0.3 is 5.97 Å². The second-order valence-corrected chi connectivity index (χ2v) is 3.83. The molecule has 0 fully saturated rings. The molecule has 1 aromatic rings. The number of nitrogens with zero attached hydrogens (tertiary/aromatic N) is 1. The van der Waals surface area contributed by atoms with Crippen LogP contribution < -0.4 is 0 Å². The van der Waals surface area contributed by atoms with E-state index in [9.17, 15) is 4.79 Å². The Bertz CT molecular complexity index is 280.